The van der Waals surface area contributed by atoms with Gasteiger partial charge in [-0.3, -0.25) is 14.6 Å². The number of ketones is 1. The topological polar surface area (TPSA) is 68.3 Å². The Morgan fingerprint density at radius 3 is 2.39 bits per heavy atom. The molecule has 0 spiro atoms. The second kappa shape index (κ2) is 6.79. The molecule has 1 heterocycles. The molecule has 0 bridgehead atoms. The van der Waals surface area contributed by atoms with E-state index in [2.05, 4.69) is 0 Å². The Labute approximate surface area is 136 Å². The molecule has 2 aromatic rings. The minimum absolute atomic E-state index is 0.0373. The lowest BCUT2D eigenvalue weighted by atomic mass is 10.0. The van der Waals surface area contributed by atoms with E-state index in [4.69, 9.17) is 5.84 Å². The van der Waals surface area contributed by atoms with Gasteiger partial charge in [0.25, 0.3) is 5.91 Å². The van der Waals surface area contributed by atoms with Crippen LogP contribution in [0.25, 0.3) is 0 Å². The highest BCUT2D eigenvalue weighted by molar-refractivity contribution is 6.10. The number of carbonyl (C=O) groups excluding carboxylic acids is 2. The van der Waals surface area contributed by atoms with Gasteiger partial charge in [-0.1, -0.05) is 30.3 Å². The summed E-state index contributed by atoms with van der Waals surface area (Å²) in [5, 5.41) is 1.20. The normalized spacial score (nSPS) is 12.0. The summed E-state index contributed by atoms with van der Waals surface area (Å²) in [5.74, 6) is 5.51. The number of benzene rings is 1. The molecule has 1 unspecified atom stereocenters. The average molecular weight is 313 g/mol. The quantitative estimate of drug-likeness (QED) is 0.399. The summed E-state index contributed by atoms with van der Waals surface area (Å²) in [6, 6.07) is 10.5. The fourth-order valence-electron chi connectivity index (χ4n) is 2.85. The number of nitrogens with two attached hydrogens (primary N) is 1. The fraction of sp³-hybridized carbons (Fsp3) is 0.333. The van der Waals surface area contributed by atoms with E-state index >= 15 is 0 Å². The highest BCUT2D eigenvalue weighted by Gasteiger charge is 2.25. The van der Waals surface area contributed by atoms with Crippen LogP contribution in [-0.4, -0.2) is 27.8 Å². The van der Waals surface area contributed by atoms with Crippen LogP contribution in [0.4, 0.5) is 0 Å². The lowest BCUT2D eigenvalue weighted by molar-refractivity contribution is -0.134. The number of carbonyl (C=O) groups is 2. The lowest BCUT2D eigenvalue weighted by Crippen LogP contribution is -2.41. The Morgan fingerprint density at radius 1 is 1.22 bits per heavy atom. The minimum Gasteiger partial charge on any atom is -0.336 e. The molecule has 23 heavy (non-hydrogen) atoms. The van der Waals surface area contributed by atoms with Crippen LogP contribution in [0.2, 0.25) is 0 Å². The predicted octanol–water partition coefficient (Wildman–Crippen LogP) is 2.62. The fourth-order valence-corrected chi connectivity index (χ4v) is 2.85. The average Bonchev–Trinajstić information content (AvgIpc) is 2.87. The van der Waals surface area contributed by atoms with Crippen molar-refractivity contribution in [3.8, 4) is 0 Å². The summed E-state index contributed by atoms with van der Waals surface area (Å²) in [5.41, 5.74) is 2.91. The molecule has 0 fully saturated rings. The van der Waals surface area contributed by atoms with E-state index in [1.165, 1.54) is 5.01 Å². The number of nitrogens with zero attached hydrogens (tertiary/aromatic N) is 2. The van der Waals surface area contributed by atoms with Crippen LogP contribution in [0.15, 0.2) is 36.4 Å². The second-order valence-corrected chi connectivity index (χ2v) is 5.65. The maximum absolute atomic E-state index is 12.7. The Bertz CT molecular complexity index is 719. The number of aryl methyl sites for hydroxylation is 1. The van der Waals surface area contributed by atoms with Crippen molar-refractivity contribution >= 4 is 11.7 Å². The molecule has 1 aromatic carbocycles. The van der Waals surface area contributed by atoms with E-state index in [1.54, 1.807) is 19.1 Å². The molecule has 2 N–H and O–H groups in total. The molecular weight excluding hydrogens is 290 g/mol. The van der Waals surface area contributed by atoms with Crippen LogP contribution in [0.1, 0.15) is 47.2 Å². The smallest absolute Gasteiger partial charge is 0.259 e. The molecule has 0 aliphatic heterocycles. The maximum Gasteiger partial charge on any atom is 0.259 e. The summed E-state index contributed by atoms with van der Waals surface area (Å²) < 4.78 is 1.87. The van der Waals surface area contributed by atoms with Gasteiger partial charge >= 0.3 is 0 Å². The first-order chi connectivity index (χ1) is 10.9. The van der Waals surface area contributed by atoms with Crippen molar-refractivity contribution in [3.05, 3.63) is 58.9 Å². The van der Waals surface area contributed by atoms with Crippen molar-refractivity contribution in [2.75, 3.05) is 6.54 Å². The maximum atomic E-state index is 12.7. The van der Waals surface area contributed by atoms with Gasteiger partial charge in [0.05, 0.1) is 0 Å². The zero-order chi connectivity index (χ0) is 17.1. The van der Waals surface area contributed by atoms with Crippen LogP contribution in [0, 0.1) is 13.8 Å². The van der Waals surface area contributed by atoms with Crippen molar-refractivity contribution in [3.63, 3.8) is 0 Å². The van der Waals surface area contributed by atoms with Crippen LogP contribution in [-0.2, 0) is 4.79 Å². The molecule has 0 aliphatic rings. The predicted molar refractivity (Wildman–Crippen MR) is 90.1 cm³/mol. The van der Waals surface area contributed by atoms with Gasteiger partial charge in [0.15, 0.2) is 5.78 Å². The van der Waals surface area contributed by atoms with E-state index in [1.807, 2.05) is 49.6 Å². The molecule has 5 nitrogen and oxygen atoms in total. The first-order valence-corrected chi connectivity index (χ1v) is 7.72. The first kappa shape index (κ1) is 17.0. The third-order valence-electron chi connectivity index (χ3n) is 4.13. The molecule has 122 valence electrons. The molecule has 1 aromatic heterocycles. The number of amides is 1. The molecule has 0 radical (unpaired) electrons. The number of likely N-dealkylation sites (N-methyl/N-ethyl adjacent to an activating group) is 1. The van der Waals surface area contributed by atoms with Gasteiger partial charge in [-0.05, 0) is 33.8 Å². The SMILES string of the molecule is CCN(N)C(=O)C(C)n1c(C)cc(C(=O)c2ccccc2)c1C. The summed E-state index contributed by atoms with van der Waals surface area (Å²) in [6.07, 6.45) is 0. The van der Waals surface area contributed by atoms with E-state index in [0.29, 0.717) is 17.7 Å². The molecule has 0 saturated heterocycles. The largest absolute Gasteiger partial charge is 0.336 e. The van der Waals surface area contributed by atoms with Gasteiger partial charge in [0, 0.05) is 29.1 Å². The number of aromatic nitrogens is 1. The van der Waals surface area contributed by atoms with E-state index in [9.17, 15) is 9.59 Å². The van der Waals surface area contributed by atoms with Gasteiger partial charge in [0.2, 0.25) is 0 Å². The second-order valence-electron chi connectivity index (χ2n) is 5.65. The van der Waals surface area contributed by atoms with Gasteiger partial charge in [-0.25, -0.2) is 5.84 Å². The molecule has 1 atom stereocenters. The van der Waals surface area contributed by atoms with Crippen molar-refractivity contribution in [2.24, 2.45) is 5.84 Å². The van der Waals surface area contributed by atoms with Gasteiger partial charge < -0.3 is 4.57 Å². The van der Waals surface area contributed by atoms with Crippen LogP contribution < -0.4 is 5.84 Å². The molecule has 2 rings (SSSR count). The van der Waals surface area contributed by atoms with E-state index in [-0.39, 0.29) is 11.7 Å². The Balaban J connectivity index is 2.40. The molecule has 1 amide bonds. The third-order valence-corrected chi connectivity index (χ3v) is 4.13. The van der Waals surface area contributed by atoms with Crippen molar-refractivity contribution in [2.45, 2.75) is 33.7 Å². The summed E-state index contributed by atoms with van der Waals surface area (Å²) >= 11 is 0. The molecular formula is C18H23N3O2. The highest BCUT2D eigenvalue weighted by Crippen LogP contribution is 2.23. The first-order valence-electron chi connectivity index (χ1n) is 7.72. The van der Waals surface area contributed by atoms with Crippen LogP contribution >= 0.6 is 0 Å². The molecule has 0 saturated carbocycles. The van der Waals surface area contributed by atoms with Crippen LogP contribution in [0.3, 0.4) is 0 Å². The highest BCUT2D eigenvalue weighted by atomic mass is 16.2. The standard InChI is InChI=1S/C18H23N3O2/c1-5-20(19)18(23)14(4)21-12(2)11-16(13(21)3)17(22)15-9-7-6-8-10-15/h6-11,14H,5,19H2,1-4H3. The Kier molecular flexibility index (Phi) is 5.01. The zero-order valence-electron chi connectivity index (χ0n) is 14.0. The lowest BCUT2D eigenvalue weighted by Gasteiger charge is -2.23. The number of rotatable bonds is 5. The summed E-state index contributed by atoms with van der Waals surface area (Å²) in [4.78, 5) is 25.0. The molecule has 5 heteroatoms. The zero-order valence-corrected chi connectivity index (χ0v) is 14.0. The molecule has 0 aliphatic carbocycles. The number of hydrazine groups is 1. The summed E-state index contributed by atoms with van der Waals surface area (Å²) in [7, 11) is 0. The third kappa shape index (κ3) is 3.19. The minimum atomic E-state index is -0.447. The van der Waals surface area contributed by atoms with Gasteiger partial charge in [0.1, 0.15) is 6.04 Å². The van der Waals surface area contributed by atoms with E-state index < -0.39 is 6.04 Å². The Hall–Kier alpha value is -2.40. The number of hydrogen-bond acceptors (Lipinski definition) is 3. The van der Waals surface area contributed by atoms with Crippen molar-refractivity contribution in [1.29, 1.82) is 0 Å². The van der Waals surface area contributed by atoms with Crippen LogP contribution in [0.5, 0.6) is 0 Å². The number of hydrogen-bond donors (Lipinski definition) is 1. The van der Waals surface area contributed by atoms with Gasteiger partial charge in [-0.2, -0.15) is 0 Å². The van der Waals surface area contributed by atoms with E-state index in [0.717, 1.165) is 11.4 Å². The Morgan fingerprint density at radius 2 is 1.83 bits per heavy atom. The monoisotopic (exact) mass is 313 g/mol. The van der Waals surface area contributed by atoms with Crippen molar-refractivity contribution < 1.29 is 9.59 Å². The summed E-state index contributed by atoms with van der Waals surface area (Å²) in [6.45, 7) is 7.82. The van der Waals surface area contributed by atoms with Gasteiger partial charge in [-0.15, -0.1) is 0 Å². The van der Waals surface area contributed by atoms with Crippen molar-refractivity contribution in [1.82, 2.24) is 9.58 Å².